The fraction of sp³-hybridized carbons (Fsp3) is 0.417. The molecule has 3 nitrogen and oxygen atoms in total. The zero-order valence-corrected chi connectivity index (χ0v) is 10.9. The minimum Gasteiger partial charge on any atom is -0.481 e. The second-order valence-electron chi connectivity index (χ2n) is 3.97. The van der Waals surface area contributed by atoms with Crippen molar-refractivity contribution < 1.29 is 14.6 Å². The number of benzene rings is 1. The molecule has 0 aromatic heterocycles. The Hall–Kier alpha value is -0.620. The molecule has 2 rings (SSSR count). The molecule has 1 N–H and O–H groups in total. The molecule has 0 spiro atoms. The van der Waals surface area contributed by atoms with Crippen LogP contribution in [-0.4, -0.2) is 24.3 Å². The molecule has 0 amide bonds. The summed E-state index contributed by atoms with van der Waals surface area (Å²) in [6.07, 6.45) is 0.603. The van der Waals surface area contributed by atoms with Crippen LogP contribution in [0.15, 0.2) is 24.3 Å². The van der Waals surface area contributed by atoms with Crippen LogP contribution in [0.3, 0.4) is 0 Å². The van der Waals surface area contributed by atoms with E-state index in [4.69, 9.17) is 9.84 Å². The Kier molecular flexibility index (Phi) is 3.81. The first-order valence-corrected chi connectivity index (χ1v) is 6.32. The summed E-state index contributed by atoms with van der Waals surface area (Å²) in [6, 6.07) is 8.00. The highest BCUT2D eigenvalue weighted by atomic mass is 127. The van der Waals surface area contributed by atoms with Crippen LogP contribution >= 0.6 is 22.6 Å². The monoisotopic (exact) mass is 332 g/mol. The van der Waals surface area contributed by atoms with Crippen molar-refractivity contribution in [1.82, 2.24) is 0 Å². The van der Waals surface area contributed by atoms with Crippen LogP contribution in [0.2, 0.25) is 0 Å². The standard InChI is InChI=1S/C12H13IO3/c13-9-3-1-8(2-4-9)11-7-16-6-5-10(11)12(14)15/h1-4,10-11H,5-7H2,(H,14,15)/t10-,11+/m0/s1. The van der Waals surface area contributed by atoms with Gasteiger partial charge in [0.25, 0.3) is 0 Å². The van der Waals surface area contributed by atoms with Gasteiger partial charge in [-0.05, 0) is 46.7 Å². The van der Waals surface area contributed by atoms with Gasteiger partial charge in [-0.1, -0.05) is 12.1 Å². The molecule has 1 fully saturated rings. The highest BCUT2D eigenvalue weighted by Gasteiger charge is 2.32. The highest BCUT2D eigenvalue weighted by molar-refractivity contribution is 14.1. The first-order chi connectivity index (χ1) is 7.68. The lowest BCUT2D eigenvalue weighted by molar-refractivity contribution is -0.146. The van der Waals surface area contributed by atoms with E-state index in [-0.39, 0.29) is 11.8 Å². The van der Waals surface area contributed by atoms with Crippen molar-refractivity contribution in [3.8, 4) is 0 Å². The minimum absolute atomic E-state index is 0.0109. The topological polar surface area (TPSA) is 46.5 Å². The van der Waals surface area contributed by atoms with E-state index in [2.05, 4.69) is 22.6 Å². The van der Waals surface area contributed by atoms with Crippen LogP contribution in [0.4, 0.5) is 0 Å². The first-order valence-electron chi connectivity index (χ1n) is 5.24. The number of ether oxygens (including phenoxy) is 1. The molecule has 0 unspecified atom stereocenters. The second kappa shape index (κ2) is 5.14. The molecular formula is C12H13IO3. The van der Waals surface area contributed by atoms with Crippen molar-refractivity contribution >= 4 is 28.6 Å². The maximum Gasteiger partial charge on any atom is 0.307 e. The van der Waals surface area contributed by atoms with E-state index in [1.54, 1.807) is 0 Å². The molecule has 1 saturated heterocycles. The summed E-state index contributed by atoms with van der Waals surface area (Å²) in [5.74, 6) is -1.04. The largest absolute Gasteiger partial charge is 0.481 e. The van der Waals surface area contributed by atoms with Crippen LogP contribution in [0.5, 0.6) is 0 Å². The molecule has 1 aliphatic heterocycles. The van der Waals surface area contributed by atoms with Crippen molar-refractivity contribution in [1.29, 1.82) is 0 Å². The quantitative estimate of drug-likeness (QED) is 0.847. The third-order valence-corrected chi connectivity index (χ3v) is 3.69. The molecule has 0 saturated carbocycles. The summed E-state index contributed by atoms with van der Waals surface area (Å²) >= 11 is 2.24. The second-order valence-corrected chi connectivity index (χ2v) is 5.21. The number of carbonyl (C=O) groups is 1. The van der Waals surface area contributed by atoms with Gasteiger partial charge in [0.2, 0.25) is 0 Å². The van der Waals surface area contributed by atoms with E-state index in [1.807, 2.05) is 24.3 Å². The van der Waals surface area contributed by atoms with Gasteiger partial charge in [0, 0.05) is 16.1 Å². The van der Waals surface area contributed by atoms with Gasteiger partial charge in [0.1, 0.15) is 0 Å². The van der Waals surface area contributed by atoms with Gasteiger partial charge >= 0.3 is 5.97 Å². The molecule has 86 valence electrons. The molecule has 1 heterocycles. The van der Waals surface area contributed by atoms with Gasteiger partial charge in [-0.25, -0.2) is 0 Å². The Morgan fingerprint density at radius 3 is 2.69 bits per heavy atom. The first kappa shape index (κ1) is 11.9. The van der Waals surface area contributed by atoms with Crippen LogP contribution in [0.25, 0.3) is 0 Å². The van der Waals surface area contributed by atoms with Crippen LogP contribution in [-0.2, 0) is 9.53 Å². The van der Waals surface area contributed by atoms with Crippen LogP contribution in [0.1, 0.15) is 17.9 Å². The van der Waals surface area contributed by atoms with E-state index in [0.717, 1.165) is 9.13 Å². The zero-order valence-electron chi connectivity index (χ0n) is 8.73. The maximum absolute atomic E-state index is 11.1. The summed E-state index contributed by atoms with van der Waals surface area (Å²) in [5.41, 5.74) is 1.06. The van der Waals surface area contributed by atoms with E-state index in [1.165, 1.54) is 0 Å². The number of aliphatic carboxylic acids is 1. The smallest absolute Gasteiger partial charge is 0.307 e. The summed E-state index contributed by atoms with van der Waals surface area (Å²) in [6.45, 7) is 1.06. The third kappa shape index (κ3) is 2.55. The van der Waals surface area contributed by atoms with Crippen molar-refractivity contribution in [2.24, 2.45) is 5.92 Å². The lowest BCUT2D eigenvalue weighted by Crippen LogP contribution is -2.31. The number of carboxylic acid groups (broad SMARTS) is 1. The zero-order chi connectivity index (χ0) is 11.5. The van der Waals surface area contributed by atoms with Crippen LogP contribution in [0, 0.1) is 9.49 Å². The molecule has 4 heteroatoms. The van der Waals surface area contributed by atoms with E-state index >= 15 is 0 Å². The maximum atomic E-state index is 11.1. The molecule has 1 aromatic rings. The van der Waals surface area contributed by atoms with E-state index in [9.17, 15) is 4.79 Å². The van der Waals surface area contributed by atoms with Gasteiger partial charge in [-0.2, -0.15) is 0 Å². The predicted molar refractivity (Wildman–Crippen MR) is 68.5 cm³/mol. The number of halogens is 1. The van der Waals surface area contributed by atoms with Gasteiger partial charge < -0.3 is 9.84 Å². The van der Waals surface area contributed by atoms with Crippen molar-refractivity contribution in [2.45, 2.75) is 12.3 Å². The van der Waals surface area contributed by atoms with E-state index in [0.29, 0.717) is 19.6 Å². The van der Waals surface area contributed by atoms with E-state index < -0.39 is 5.97 Å². The summed E-state index contributed by atoms with van der Waals surface area (Å²) in [7, 11) is 0. The Balaban J connectivity index is 2.23. The lowest BCUT2D eigenvalue weighted by atomic mass is 9.83. The number of carboxylic acids is 1. The van der Waals surface area contributed by atoms with Crippen LogP contribution < -0.4 is 0 Å². The molecule has 0 bridgehead atoms. The SMILES string of the molecule is O=C(O)[C@H]1CCOC[C@@H]1c1ccc(I)cc1. The normalized spacial score (nSPS) is 25.3. The lowest BCUT2D eigenvalue weighted by Gasteiger charge is -2.28. The molecule has 2 atom stereocenters. The minimum atomic E-state index is -0.716. The van der Waals surface area contributed by atoms with Crippen molar-refractivity contribution in [3.05, 3.63) is 33.4 Å². The number of rotatable bonds is 2. The van der Waals surface area contributed by atoms with Gasteiger partial charge in [0.15, 0.2) is 0 Å². The average molecular weight is 332 g/mol. The average Bonchev–Trinajstić information content (AvgIpc) is 2.30. The van der Waals surface area contributed by atoms with Crippen molar-refractivity contribution in [3.63, 3.8) is 0 Å². The molecule has 1 aliphatic rings. The number of hydrogen-bond donors (Lipinski definition) is 1. The molecule has 16 heavy (non-hydrogen) atoms. The Morgan fingerprint density at radius 1 is 1.38 bits per heavy atom. The highest BCUT2D eigenvalue weighted by Crippen LogP contribution is 2.31. The third-order valence-electron chi connectivity index (χ3n) is 2.97. The Bertz CT molecular complexity index is 374. The number of hydrogen-bond acceptors (Lipinski definition) is 2. The molecule has 0 aliphatic carbocycles. The Morgan fingerprint density at radius 2 is 2.06 bits per heavy atom. The van der Waals surface area contributed by atoms with Gasteiger partial charge in [0.05, 0.1) is 12.5 Å². The van der Waals surface area contributed by atoms with Gasteiger partial charge in [-0.15, -0.1) is 0 Å². The predicted octanol–water partition coefficient (Wildman–Crippen LogP) is 2.50. The summed E-state index contributed by atoms with van der Waals surface area (Å²) in [5, 5.41) is 9.17. The molecule has 0 radical (unpaired) electrons. The fourth-order valence-corrected chi connectivity index (χ4v) is 2.43. The van der Waals surface area contributed by atoms with Gasteiger partial charge in [-0.3, -0.25) is 4.79 Å². The van der Waals surface area contributed by atoms with Crippen molar-refractivity contribution in [2.75, 3.05) is 13.2 Å². The molecule has 1 aromatic carbocycles. The Labute approximate surface area is 108 Å². The fourth-order valence-electron chi connectivity index (χ4n) is 2.07. The summed E-state index contributed by atoms with van der Waals surface area (Å²) < 4.78 is 6.54. The summed E-state index contributed by atoms with van der Waals surface area (Å²) in [4.78, 5) is 11.1. The molecular weight excluding hydrogens is 319 g/mol.